The molecule has 0 radical (unpaired) electrons. The highest BCUT2D eigenvalue weighted by atomic mass is 32.2. The second-order valence-corrected chi connectivity index (χ2v) is 8.22. The zero-order valence-electron chi connectivity index (χ0n) is 15.2. The van der Waals surface area contributed by atoms with Crippen molar-refractivity contribution in [3.05, 3.63) is 101 Å². The molecule has 0 aromatic heterocycles. The maximum Gasteiger partial charge on any atom is 0.341 e. The summed E-state index contributed by atoms with van der Waals surface area (Å²) in [6.45, 7) is 0. The van der Waals surface area contributed by atoms with Gasteiger partial charge in [0.2, 0.25) is 0 Å². The number of thioether (sulfide) groups is 1. The normalized spacial score (nSPS) is 21.0. The minimum Gasteiger partial charge on any atom is -0.423 e. The molecule has 0 aliphatic carbocycles. The Morgan fingerprint density at radius 3 is 2.54 bits per heavy atom. The number of benzene rings is 3. The van der Waals surface area contributed by atoms with Crippen molar-refractivity contribution in [3.8, 4) is 5.75 Å². The molecule has 2 aliphatic heterocycles. The Kier molecular flexibility index (Phi) is 4.41. The number of carbonyl (C=O) groups excluding carboxylic acids is 1. The first kappa shape index (κ1) is 17.1. The third-order valence-electron chi connectivity index (χ3n) is 5.16. The van der Waals surface area contributed by atoms with E-state index >= 15 is 0 Å². The van der Waals surface area contributed by atoms with Crippen molar-refractivity contribution in [1.82, 2.24) is 0 Å². The Morgan fingerprint density at radius 2 is 1.64 bits per heavy atom. The number of esters is 1. The Morgan fingerprint density at radius 1 is 0.893 bits per heavy atom. The predicted octanol–water partition coefficient (Wildman–Crippen LogP) is 5.75. The van der Waals surface area contributed by atoms with Crippen LogP contribution in [0.3, 0.4) is 0 Å². The van der Waals surface area contributed by atoms with Crippen LogP contribution >= 0.6 is 11.8 Å². The fourth-order valence-electron chi connectivity index (χ4n) is 3.72. The first-order valence-electron chi connectivity index (χ1n) is 9.38. The average Bonchev–Trinajstić information content (AvgIpc) is 2.93. The molecule has 5 rings (SSSR count). The Hall–Kier alpha value is -2.98. The number of hydrogen-bond donors (Lipinski definition) is 1. The molecule has 3 aromatic rings. The standard InChI is InChI=1S/C24H19NO2S/c26-24-18(14-17-10-4-6-12-21(17)27-24)20-15-23(16-8-2-1-3-9-16)28-22-13-7-5-11-19(22)25-20/h1-13,23,25H,14-15H2/b20-18-. The van der Waals surface area contributed by atoms with E-state index in [9.17, 15) is 4.79 Å². The van der Waals surface area contributed by atoms with Gasteiger partial charge in [-0.3, -0.25) is 0 Å². The lowest BCUT2D eigenvalue weighted by Crippen LogP contribution is -2.23. The number of nitrogens with one attached hydrogen (secondary N) is 1. The molecule has 1 unspecified atom stereocenters. The van der Waals surface area contributed by atoms with Crippen LogP contribution in [0.25, 0.3) is 0 Å². The lowest BCUT2D eigenvalue weighted by molar-refractivity contribution is -0.130. The lowest BCUT2D eigenvalue weighted by Gasteiger charge is -2.22. The highest BCUT2D eigenvalue weighted by Gasteiger charge is 2.29. The van der Waals surface area contributed by atoms with Crippen LogP contribution in [0.15, 0.2) is 95.0 Å². The number of rotatable bonds is 1. The van der Waals surface area contributed by atoms with Gasteiger partial charge in [-0.15, -0.1) is 11.8 Å². The molecule has 0 saturated carbocycles. The van der Waals surface area contributed by atoms with Crippen LogP contribution in [0.2, 0.25) is 0 Å². The van der Waals surface area contributed by atoms with E-state index in [-0.39, 0.29) is 11.2 Å². The summed E-state index contributed by atoms with van der Waals surface area (Å²) in [7, 11) is 0. The van der Waals surface area contributed by atoms with Crippen LogP contribution in [-0.4, -0.2) is 5.97 Å². The van der Waals surface area contributed by atoms with Crippen molar-refractivity contribution in [2.45, 2.75) is 23.0 Å². The molecule has 0 saturated heterocycles. The van der Waals surface area contributed by atoms with Gasteiger partial charge in [0.15, 0.2) is 0 Å². The molecule has 0 bridgehead atoms. The van der Waals surface area contributed by atoms with Crippen molar-refractivity contribution in [2.75, 3.05) is 5.32 Å². The Bertz CT molecular complexity index is 1070. The summed E-state index contributed by atoms with van der Waals surface area (Å²) in [4.78, 5) is 14.0. The molecule has 2 heterocycles. The van der Waals surface area contributed by atoms with E-state index in [1.54, 1.807) is 0 Å². The number of ether oxygens (including phenoxy) is 1. The molecule has 1 atom stereocenters. The minimum absolute atomic E-state index is 0.227. The largest absolute Gasteiger partial charge is 0.423 e. The number of hydrogen-bond acceptors (Lipinski definition) is 4. The van der Waals surface area contributed by atoms with Crippen LogP contribution in [0.4, 0.5) is 5.69 Å². The van der Waals surface area contributed by atoms with E-state index in [2.05, 4.69) is 47.8 Å². The average molecular weight is 385 g/mol. The van der Waals surface area contributed by atoms with Crippen molar-refractivity contribution < 1.29 is 9.53 Å². The van der Waals surface area contributed by atoms with Gasteiger partial charge in [0, 0.05) is 28.7 Å². The van der Waals surface area contributed by atoms with Crippen molar-refractivity contribution >= 4 is 23.4 Å². The zero-order chi connectivity index (χ0) is 18.9. The van der Waals surface area contributed by atoms with E-state index in [1.807, 2.05) is 48.2 Å². The third kappa shape index (κ3) is 3.20. The molecule has 4 heteroatoms. The molecule has 1 N–H and O–H groups in total. The number of para-hydroxylation sites is 2. The second kappa shape index (κ2) is 7.21. The quantitative estimate of drug-likeness (QED) is 0.329. The van der Waals surface area contributed by atoms with Gasteiger partial charge < -0.3 is 10.1 Å². The highest BCUT2D eigenvalue weighted by Crippen LogP contribution is 2.46. The maximum absolute atomic E-state index is 12.8. The van der Waals surface area contributed by atoms with E-state index < -0.39 is 0 Å². The number of fused-ring (bicyclic) bond motifs is 2. The molecule has 0 amide bonds. The van der Waals surface area contributed by atoms with Crippen LogP contribution < -0.4 is 10.1 Å². The van der Waals surface area contributed by atoms with E-state index in [4.69, 9.17) is 4.74 Å². The third-order valence-corrected chi connectivity index (χ3v) is 6.49. The van der Waals surface area contributed by atoms with Crippen LogP contribution in [-0.2, 0) is 11.2 Å². The minimum atomic E-state index is -0.252. The number of anilines is 1. The van der Waals surface area contributed by atoms with E-state index in [0.717, 1.165) is 28.9 Å². The van der Waals surface area contributed by atoms with Gasteiger partial charge in [-0.2, -0.15) is 0 Å². The Balaban J connectivity index is 1.60. The second-order valence-electron chi connectivity index (χ2n) is 6.97. The molecule has 28 heavy (non-hydrogen) atoms. The number of allylic oxidation sites excluding steroid dienone is 1. The highest BCUT2D eigenvalue weighted by molar-refractivity contribution is 7.99. The molecule has 0 fully saturated rings. The fourth-order valence-corrected chi connectivity index (χ4v) is 4.98. The SMILES string of the molecule is O=C1Oc2ccccc2C/C1=C1\CC(c2ccccc2)Sc2ccccc2N1. The topological polar surface area (TPSA) is 38.3 Å². The first-order valence-corrected chi connectivity index (χ1v) is 10.3. The number of carbonyl (C=O) groups is 1. The fraction of sp³-hybridized carbons (Fsp3) is 0.125. The van der Waals surface area contributed by atoms with Gasteiger partial charge in [0.1, 0.15) is 5.75 Å². The van der Waals surface area contributed by atoms with Gasteiger partial charge >= 0.3 is 5.97 Å². The van der Waals surface area contributed by atoms with E-state index in [1.165, 1.54) is 10.5 Å². The summed E-state index contributed by atoms with van der Waals surface area (Å²) >= 11 is 1.84. The van der Waals surface area contributed by atoms with Gasteiger partial charge in [0.05, 0.1) is 11.3 Å². The molecular weight excluding hydrogens is 366 g/mol. The lowest BCUT2D eigenvalue weighted by atomic mass is 9.96. The zero-order valence-corrected chi connectivity index (χ0v) is 16.0. The van der Waals surface area contributed by atoms with Gasteiger partial charge in [-0.1, -0.05) is 60.7 Å². The molecular formula is C24H19NO2S. The maximum atomic E-state index is 12.8. The molecule has 0 spiro atoms. The molecule has 3 nitrogen and oxygen atoms in total. The van der Waals surface area contributed by atoms with E-state index in [0.29, 0.717) is 12.2 Å². The van der Waals surface area contributed by atoms with Gasteiger partial charge in [0.25, 0.3) is 0 Å². The monoisotopic (exact) mass is 385 g/mol. The summed E-state index contributed by atoms with van der Waals surface area (Å²) in [6, 6.07) is 26.5. The first-order chi connectivity index (χ1) is 13.8. The predicted molar refractivity (Wildman–Crippen MR) is 113 cm³/mol. The summed E-state index contributed by atoms with van der Waals surface area (Å²) in [5, 5.41) is 3.77. The van der Waals surface area contributed by atoms with Crippen LogP contribution in [0.5, 0.6) is 5.75 Å². The van der Waals surface area contributed by atoms with Gasteiger partial charge in [-0.25, -0.2) is 4.79 Å². The smallest absolute Gasteiger partial charge is 0.341 e. The van der Waals surface area contributed by atoms with Crippen molar-refractivity contribution in [2.24, 2.45) is 0 Å². The van der Waals surface area contributed by atoms with Crippen molar-refractivity contribution in [3.63, 3.8) is 0 Å². The molecule has 138 valence electrons. The summed E-state index contributed by atoms with van der Waals surface area (Å²) in [5.41, 5.74) is 5.02. The van der Waals surface area contributed by atoms with Crippen LogP contribution in [0.1, 0.15) is 22.8 Å². The molecule has 2 aliphatic rings. The van der Waals surface area contributed by atoms with Crippen molar-refractivity contribution in [1.29, 1.82) is 0 Å². The summed E-state index contributed by atoms with van der Waals surface area (Å²) in [6.07, 6.45) is 1.33. The summed E-state index contributed by atoms with van der Waals surface area (Å²) < 4.78 is 5.62. The van der Waals surface area contributed by atoms with Crippen LogP contribution in [0, 0.1) is 0 Å². The Labute approximate surface area is 168 Å². The molecule has 3 aromatic carbocycles. The summed E-state index contributed by atoms with van der Waals surface area (Å²) in [5.74, 6) is 0.414. The van der Waals surface area contributed by atoms with Gasteiger partial charge in [-0.05, 0) is 29.3 Å².